The van der Waals surface area contributed by atoms with Crippen molar-refractivity contribution in [2.24, 2.45) is 5.41 Å². The molecule has 0 aromatic heterocycles. The molecule has 0 spiro atoms. The topological polar surface area (TPSA) is 60.9 Å². The van der Waals surface area contributed by atoms with Gasteiger partial charge < -0.3 is 10.0 Å². The summed E-state index contributed by atoms with van der Waals surface area (Å²) in [5.41, 5.74) is 1.71. The number of carboxylic acid groups (broad SMARTS) is 1. The summed E-state index contributed by atoms with van der Waals surface area (Å²) in [6, 6.07) is 18.6. The molecule has 5 nitrogen and oxygen atoms in total. The first-order chi connectivity index (χ1) is 16.7. The van der Waals surface area contributed by atoms with Gasteiger partial charge in [-0.1, -0.05) is 66.6 Å². The number of likely N-dealkylation sites (tertiary alicyclic amines) is 1. The summed E-state index contributed by atoms with van der Waals surface area (Å²) in [7, 11) is 0. The van der Waals surface area contributed by atoms with E-state index >= 15 is 0 Å². The van der Waals surface area contributed by atoms with E-state index in [4.69, 9.17) is 0 Å². The number of fused-ring (bicyclic) bond motifs is 2. The molecule has 1 N–H and O–H groups in total. The monoisotopic (exact) mass is 472 g/mol. The van der Waals surface area contributed by atoms with E-state index < -0.39 is 17.9 Å². The first-order valence-corrected chi connectivity index (χ1v) is 12.6. The molecule has 1 amide bonds. The lowest BCUT2D eigenvalue weighted by atomic mass is 9.88. The Labute approximate surface area is 209 Å². The molecular formula is C30H36N2O3. The molecule has 0 radical (unpaired) electrons. The Morgan fingerprint density at radius 3 is 2.09 bits per heavy atom. The van der Waals surface area contributed by atoms with Crippen LogP contribution in [0.4, 0.5) is 0 Å². The molecule has 2 aromatic carbocycles. The van der Waals surface area contributed by atoms with E-state index in [0.717, 1.165) is 24.0 Å². The van der Waals surface area contributed by atoms with Crippen LogP contribution in [0.1, 0.15) is 64.0 Å². The number of carbonyl (C=O) groups is 2. The Kier molecular flexibility index (Phi) is 7.33. The SMILES string of the molecule is CC(CC#CC(C)(C)C)N1[C@H]2CC[C@@H]1[C@@H](C(=O)O)N(C(=O)C(c1ccccc1)c1ccccc1)C2. The highest BCUT2D eigenvalue weighted by Gasteiger charge is 2.52. The maximum atomic E-state index is 14.1. The van der Waals surface area contributed by atoms with Crippen LogP contribution >= 0.6 is 0 Å². The lowest BCUT2D eigenvalue weighted by molar-refractivity contribution is -0.158. The molecule has 2 heterocycles. The fourth-order valence-corrected chi connectivity index (χ4v) is 5.70. The minimum absolute atomic E-state index is 0.0582. The Hall–Kier alpha value is -3.10. The van der Waals surface area contributed by atoms with Crippen molar-refractivity contribution in [3.8, 4) is 11.8 Å². The second kappa shape index (κ2) is 10.3. The second-order valence-electron chi connectivity index (χ2n) is 10.9. The van der Waals surface area contributed by atoms with Crippen molar-refractivity contribution in [1.82, 2.24) is 9.80 Å². The number of hydrogen-bond acceptors (Lipinski definition) is 3. The lowest BCUT2D eigenvalue weighted by Gasteiger charge is -2.48. The molecule has 184 valence electrons. The average molecular weight is 473 g/mol. The molecule has 2 aromatic rings. The quantitative estimate of drug-likeness (QED) is 0.615. The molecule has 2 aliphatic rings. The van der Waals surface area contributed by atoms with Crippen molar-refractivity contribution >= 4 is 11.9 Å². The molecule has 2 saturated heterocycles. The summed E-state index contributed by atoms with van der Waals surface area (Å²) in [5.74, 6) is 5.02. The van der Waals surface area contributed by atoms with Crippen molar-refractivity contribution in [3.05, 3.63) is 71.8 Å². The van der Waals surface area contributed by atoms with Gasteiger partial charge in [-0.3, -0.25) is 9.69 Å². The fraction of sp³-hybridized carbons (Fsp3) is 0.467. The largest absolute Gasteiger partial charge is 0.480 e. The number of rotatable bonds is 6. The van der Waals surface area contributed by atoms with Gasteiger partial charge in [0.25, 0.3) is 0 Å². The maximum Gasteiger partial charge on any atom is 0.328 e. The van der Waals surface area contributed by atoms with Crippen molar-refractivity contribution in [2.45, 2.75) is 77.0 Å². The highest BCUT2D eigenvalue weighted by Crippen LogP contribution is 2.39. The number of benzene rings is 2. The molecule has 2 bridgehead atoms. The third kappa shape index (κ3) is 5.44. The minimum atomic E-state index is -0.929. The first-order valence-electron chi connectivity index (χ1n) is 12.6. The van der Waals surface area contributed by atoms with E-state index in [1.807, 2.05) is 60.7 Å². The Balaban J connectivity index is 1.64. The zero-order valence-electron chi connectivity index (χ0n) is 21.1. The number of aliphatic carboxylic acids is 1. The fourth-order valence-electron chi connectivity index (χ4n) is 5.70. The molecule has 1 unspecified atom stereocenters. The van der Waals surface area contributed by atoms with Gasteiger partial charge in [-0.2, -0.15) is 0 Å². The van der Waals surface area contributed by atoms with Gasteiger partial charge in [0, 0.05) is 36.5 Å². The molecule has 4 atom stereocenters. The number of piperazine rings is 1. The summed E-state index contributed by atoms with van der Waals surface area (Å²) < 4.78 is 0. The standard InChI is InChI=1S/C30H36N2O3/c1-21(12-11-19-30(2,3)4)32-24-17-18-25(32)27(29(34)35)31(20-24)28(33)26(22-13-7-5-8-14-22)23-15-9-6-10-16-23/h5-10,13-16,21,24-27H,12,17-18,20H2,1-4H3,(H,34,35)/t21?,24-,25+,27-/m0/s1. The van der Waals surface area contributed by atoms with Crippen molar-refractivity contribution in [3.63, 3.8) is 0 Å². The van der Waals surface area contributed by atoms with Crippen LogP contribution in [0.3, 0.4) is 0 Å². The highest BCUT2D eigenvalue weighted by atomic mass is 16.4. The van der Waals surface area contributed by atoms with Gasteiger partial charge in [0.15, 0.2) is 0 Å². The van der Waals surface area contributed by atoms with Crippen molar-refractivity contribution in [1.29, 1.82) is 0 Å². The summed E-state index contributed by atoms with van der Waals surface area (Å²) in [6.07, 6.45) is 2.38. The molecule has 0 aliphatic carbocycles. The third-order valence-corrected chi connectivity index (χ3v) is 7.13. The molecule has 2 fully saturated rings. The zero-order chi connectivity index (χ0) is 25.2. The van der Waals surface area contributed by atoms with Crippen LogP contribution in [-0.2, 0) is 9.59 Å². The lowest BCUT2D eigenvalue weighted by Crippen LogP contribution is -2.65. The average Bonchev–Trinajstić information content (AvgIpc) is 3.12. The number of carbonyl (C=O) groups excluding carboxylic acids is 1. The smallest absolute Gasteiger partial charge is 0.328 e. The van der Waals surface area contributed by atoms with E-state index in [9.17, 15) is 14.7 Å². The van der Waals surface area contributed by atoms with E-state index in [2.05, 4.69) is 44.4 Å². The third-order valence-electron chi connectivity index (χ3n) is 7.13. The molecule has 35 heavy (non-hydrogen) atoms. The van der Waals surface area contributed by atoms with Gasteiger partial charge in [-0.25, -0.2) is 4.79 Å². The van der Waals surface area contributed by atoms with Crippen LogP contribution in [0.25, 0.3) is 0 Å². The van der Waals surface area contributed by atoms with E-state index in [1.165, 1.54) is 0 Å². The highest BCUT2D eigenvalue weighted by molar-refractivity contribution is 5.91. The number of hydrogen-bond donors (Lipinski definition) is 1. The number of carboxylic acids is 1. The Morgan fingerprint density at radius 2 is 1.57 bits per heavy atom. The minimum Gasteiger partial charge on any atom is -0.480 e. The molecule has 0 saturated carbocycles. The first kappa shape index (κ1) is 25.0. The number of nitrogens with zero attached hydrogens (tertiary/aromatic N) is 2. The molecule has 4 rings (SSSR count). The maximum absolute atomic E-state index is 14.1. The van der Waals surface area contributed by atoms with E-state index in [1.54, 1.807) is 4.90 Å². The van der Waals surface area contributed by atoms with E-state index in [-0.39, 0.29) is 29.4 Å². The van der Waals surface area contributed by atoms with E-state index in [0.29, 0.717) is 13.0 Å². The van der Waals surface area contributed by atoms with Gasteiger partial charge in [-0.05, 0) is 51.7 Å². The van der Waals surface area contributed by atoms with Crippen LogP contribution in [-0.4, -0.2) is 57.5 Å². The van der Waals surface area contributed by atoms with Gasteiger partial charge in [0.2, 0.25) is 5.91 Å². The summed E-state index contributed by atoms with van der Waals surface area (Å²) >= 11 is 0. The molecular weight excluding hydrogens is 436 g/mol. The normalized spacial score (nSPS) is 23.0. The van der Waals surface area contributed by atoms with Crippen LogP contribution in [0.15, 0.2) is 60.7 Å². The predicted octanol–water partition coefficient (Wildman–Crippen LogP) is 4.78. The van der Waals surface area contributed by atoms with Gasteiger partial charge in [0.05, 0.1) is 5.92 Å². The van der Waals surface area contributed by atoms with Gasteiger partial charge in [0.1, 0.15) is 6.04 Å². The van der Waals surface area contributed by atoms with Gasteiger partial charge in [-0.15, -0.1) is 5.92 Å². The zero-order valence-corrected chi connectivity index (χ0v) is 21.1. The van der Waals surface area contributed by atoms with Gasteiger partial charge >= 0.3 is 5.97 Å². The Bertz CT molecular complexity index is 1060. The molecule has 5 heteroatoms. The van der Waals surface area contributed by atoms with Crippen molar-refractivity contribution in [2.75, 3.05) is 6.54 Å². The Morgan fingerprint density at radius 1 is 1.00 bits per heavy atom. The van der Waals surface area contributed by atoms with Crippen molar-refractivity contribution < 1.29 is 14.7 Å². The summed E-state index contributed by atoms with van der Waals surface area (Å²) in [4.78, 5) is 30.7. The second-order valence-corrected chi connectivity index (χ2v) is 10.9. The summed E-state index contributed by atoms with van der Waals surface area (Å²) in [5, 5.41) is 10.3. The molecule has 2 aliphatic heterocycles. The number of amides is 1. The van der Waals surface area contributed by atoms with Crippen LogP contribution < -0.4 is 0 Å². The van der Waals surface area contributed by atoms with Crippen LogP contribution in [0.5, 0.6) is 0 Å². The predicted molar refractivity (Wildman–Crippen MR) is 138 cm³/mol. The van der Waals surface area contributed by atoms with Crippen LogP contribution in [0.2, 0.25) is 0 Å². The van der Waals surface area contributed by atoms with Crippen LogP contribution in [0, 0.1) is 17.3 Å². The summed E-state index contributed by atoms with van der Waals surface area (Å²) in [6.45, 7) is 8.84.